The first-order chi connectivity index (χ1) is 8.70. The molecule has 1 nitrogen and oxygen atoms in total. The Labute approximate surface area is 119 Å². The predicted octanol–water partition coefficient (Wildman–Crippen LogP) is 4.54. The minimum atomic E-state index is 0.330. The molecule has 1 fully saturated rings. The van der Waals surface area contributed by atoms with Crippen LogP contribution in [0.3, 0.4) is 0 Å². The summed E-state index contributed by atoms with van der Waals surface area (Å²) in [5.41, 5.74) is 7.84. The largest absolute Gasteiger partial charge is 0.327 e. The summed E-state index contributed by atoms with van der Waals surface area (Å²) in [6, 6.07) is 8.93. The van der Waals surface area contributed by atoms with Crippen LogP contribution in [-0.4, -0.2) is 6.04 Å². The summed E-state index contributed by atoms with van der Waals surface area (Å²) in [7, 11) is 0. The lowest BCUT2D eigenvalue weighted by Crippen LogP contribution is -2.38. The molecule has 1 aromatic carbocycles. The van der Waals surface area contributed by atoms with E-state index in [2.05, 4.69) is 47.1 Å². The fraction of sp³-hybridized carbons (Fsp3) is 0.625. The molecule has 3 unspecified atom stereocenters. The lowest BCUT2D eigenvalue weighted by molar-refractivity contribution is 0.195. The Kier molecular flexibility index (Phi) is 5.25. The molecule has 18 heavy (non-hydrogen) atoms. The monoisotopic (exact) mass is 309 g/mol. The zero-order valence-electron chi connectivity index (χ0n) is 11.2. The van der Waals surface area contributed by atoms with Crippen LogP contribution in [0.4, 0.5) is 0 Å². The highest BCUT2D eigenvalue weighted by molar-refractivity contribution is 9.10. The van der Waals surface area contributed by atoms with E-state index in [4.69, 9.17) is 5.73 Å². The number of rotatable bonds is 4. The molecular weight excluding hydrogens is 286 g/mol. The van der Waals surface area contributed by atoms with Crippen LogP contribution in [0, 0.1) is 11.8 Å². The minimum Gasteiger partial charge on any atom is -0.327 e. The van der Waals surface area contributed by atoms with Crippen molar-refractivity contribution in [3.63, 3.8) is 0 Å². The molecule has 2 heteroatoms. The van der Waals surface area contributed by atoms with E-state index in [1.54, 1.807) is 0 Å². The van der Waals surface area contributed by atoms with E-state index < -0.39 is 0 Å². The maximum atomic E-state index is 6.47. The summed E-state index contributed by atoms with van der Waals surface area (Å²) in [6.45, 7) is 2.31. The summed E-state index contributed by atoms with van der Waals surface area (Å²) in [5, 5.41) is 0. The second-order valence-corrected chi connectivity index (χ2v) is 6.53. The van der Waals surface area contributed by atoms with Crippen molar-refractivity contribution in [1.29, 1.82) is 0 Å². The molecule has 0 amide bonds. The molecule has 2 N–H and O–H groups in total. The number of nitrogens with two attached hydrogens (primary N) is 1. The molecule has 1 aliphatic rings. The van der Waals surface area contributed by atoms with E-state index >= 15 is 0 Å². The minimum absolute atomic E-state index is 0.330. The quantitative estimate of drug-likeness (QED) is 0.868. The van der Waals surface area contributed by atoms with Crippen molar-refractivity contribution >= 4 is 15.9 Å². The molecule has 0 aliphatic heterocycles. The molecule has 100 valence electrons. The van der Waals surface area contributed by atoms with Crippen molar-refractivity contribution in [3.8, 4) is 0 Å². The molecule has 0 heterocycles. The zero-order valence-corrected chi connectivity index (χ0v) is 12.8. The van der Waals surface area contributed by atoms with Gasteiger partial charge in [-0.1, -0.05) is 60.7 Å². The Hall–Kier alpha value is -0.340. The van der Waals surface area contributed by atoms with Crippen LogP contribution in [0.5, 0.6) is 0 Å². The number of hydrogen-bond donors (Lipinski definition) is 1. The average molecular weight is 310 g/mol. The Balaban J connectivity index is 1.97. The van der Waals surface area contributed by atoms with E-state index in [1.165, 1.54) is 37.7 Å². The van der Waals surface area contributed by atoms with Gasteiger partial charge in [0.05, 0.1) is 0 Å². The maximum absolute atomic E-state index is 6.47. The third-order valence-electron chi connectivity index (χ3n) is 4.43. The van der Waals surface area contributed by atoms with Gasteiger partial charge in [0.15, 0.2) is 0 Å². The van der Waals surface area contributed by atoms with Gasteiger partial charge in [-0.05, 0) is 42.4 Å². The van der Waals surface area contributed by atoms with Gasteiger partial charge in [-0.3, -0.25) is 0 Å². The Morgan fingerprint density at radius 3 is 2.56 bits per heavy atom. The summed E-state index contributed by atoms with van der Waals surface area (Å²) >= 11 is 3.48. The van der Waals surface area contributed by atoms with Crippen LogP contribution >= 0.6 is 15.9 Å². The highest BCUT2D eigenvalue weighted by Gasteiger charge is 2.28. The Morgan fingerprint density at radius 1 is 1.22 bits per heavy atom. The van der Waals surface area contributed by atoms with Crippen molar-refractivity contribution in [3.05, 3.63) is 34.3 Å². The summed E-state index contributed by atoms with van der Waals surface area (Å²) in [6.07, 6.45) is 7.80. The van der Waals surface area contributed by atoms with Crippen LogP contribution in [0.25, 0.3) is 0 Å². The third kappa shape index (κ3) is 3.58. The van der Waals surface area contributed by atoms with Gasteiger partial charge in [-0.2, -0.15) is 0 Å². The lowest BCUT2D eigenvalue weighted by Gasteiger charge is -2.35. The molecule has 1 saturated carbocycles. The summed E-state index contributed by atoms with van der Waals surface area (Å²) in [4.78, 5) is 0. The number of halogens is 1. The fourth-order valence-electron chi connectivity index (χ4n) is 3.35. The molecule has 3 atom stereocenters. The third-order valence-corrected chi connectivity index (χ3v) is 4.96. The Bertz CT molecular complexity index is 360. The SMILES string of the molecule is CCC1CCCCC1C(N)Cc1ccc(Br)cc1. The smallest absolute Gasteiger partial charge is 0.0175 e. The standard InChI is InChI=1S/C16H24BrN/c1-2-13-5-3-4-6-15(13)16(18)11-12-7-9-14(17)10-8-12/h7-10,13,15-16H,2-6,11,18H2,1H3. The van der Waals surface area contributed by atoms with Crippen LogP contribution in [0.1, 0.15) is 44.6 Å². The first-order valence-electron chi connectivity index (χ1n) is 7.20. The van der Waals surface area contributed by atoms with Gasteiger partial charge in [0, 0.05) is 10.5 Å². The fourth-order valence-corrected chi connectivity index (χ4v) is 3.62. The second-order valence-electron chi connectivity index (χ2n) is 5.61. The van der Waals surface area contributed by atoms with Crippen molar-refractivity contribution in [2.45, 2.75) is 51.5 Å². The van der Waals surface area contributed by atoms with Gasteiger partial charge in [0.2, 0.25) is 0 Å². The van der Waals surface area contributed by atoms with E-state index in [-0.39, 0.29) is 0 Å². The average Bonchev–Trinajstić information content (AvgIpc) is 2.41. The first-order valence-corrected chi connectivity index (χ1v) is 8.00. The van der Waals surface area contributed by atoms with E-state index in [1.807, 2.05) is 0 Å². The van der Waals surface area contributed by atoms with Gasteiger partial charge < -0.3 is 5.73 Å². The molecule has 1 aliphatic carbocycles. The van der Waals surface area contributed by atoms with Gasteiger partial charge in [0.25, 0.3) is 0 Å². The van der Waals surface area contributed by atoms with Gasteiger partial charge in [-0.15, -0.1) is 0 Å². The van der Waals surface area contributed by atoms with Crippen LogP contribution in [0.15, 0.2) is 28.7 Å². The van der Waals surface area contributed by atoms with Crippen molar-refractivity contribution in [1.82, 2.24) is 0 Å². The van der Waals surface area contributed by atoms with Crippen molar-refractivity contribution in [2.24, 2.45) is 17.6 Å². The molecular formula is C16H24BrN. The van der Waals surface area contributed by atoms with Crippen LogP contribution in [-0.2, 0) is 6.42 Å². The van der Waals surface area contributed by atoms with E-state index in [9.17, 15) is 0 Å². The van der Waals surface area contributed by atoms with Crippen molar-refractivity contribution < 1.29 is 0 Å². The predicted molar refractivity (Wildman–Crippen MR) is 81.6 cm³/mol. The molecule has 2 rings (SSSR count). The van der Waals surface area contributed by atoms with Gasteiger partial charge >= 0.3 is 0 Å². The second kappa shape index (κ2) is 6.72. The van der Waals surface area contributed by atoms with Crippen LogP contribution in [0.2, 0.25) is 0 Å². The molecule has 0 spiro atoms. The lowest BCUT2D eigenvalue weighted by atomic mass is 9.73. The Morgan fingerprint density at radius 2 is 1.89 bits per heavy atom. The van der Waals surface area contributed by atoms with Crippen LogP contribution < -0.4 is 5.73 Å². The van der Waals surface area contributed by atoms with Gasteiger partial charge in [0.1, 0.15) is 0 Å². The highest BCUT2D eigenvalue weighted by Crippen LogP contribution is 2.34. The van der Waals surface area contributed by atoms with Crippen molar-refractivity contribution in [2.75, 3.05) is 0 Å². The highest BCUT2D eigenvalue weighted by atomic mass is 79.9. The number of hydrogen-bond acceptors (Lipinski definition) is 1. The summed E-state index contributed by atoms with van der Waals surface area (Å²) < 4.78 is 1.14. The molecule has 0 radical (unpaired) electrons. The first kappa shape index (κ1) is 14.1. The van der Waals surface area contributed by atoms with E-state index in [0.29, 0.717) is 6.04 Å². The molecule has 0 saturated heterocycles. The molecule has 1 aromatic rings. The number of benzene rings is 1. The molecule has 0 bridgehead atoms. The van der Waals surface area contributed by atoms with Gasteiger partial charge in [-0.25, -0.2) is 0 Å². The molecule has 0 aromatic heterocycles. The normalized spacial score (nSPS) is 25.9. The summed E-state index contributed by atoms with van der Waals surface area (Å²) in [5.74, 6) is 1.58. The maximum Gasteiger partial charge on any atom is 0.0175 e. The zero-order chi connectivity index (χ0) is 13.0. The van der Waals surface area contributed by atoms with E-state index in [0.717, 1.165) is 22.7 Å². The topological polar surface area (TPSA) is 26.0 Å².